The van der Waals surface area contributed by atoms with Gasteiger partial charge in [0.1, 0.15) is 0 Å². The maximum absolute atomic E-state index is 5.29. The zero-order chi connectivity index (χ0) is 11.4. The number of nitrogens with one attached hydrogen (secondary N) is 1. The zero-order valence-corrected chi connectivity index (χ0v) is 10.2. The molecule has 0 heterocycles. The van der Waals surface area contributed by atoms with Crippen molar-refractivity contribution in [3.63, 3.8) is 0 Å². The lowest BCUT2D eigenvalue weighted by molar-refractivity contribution is 0.0328. The number of hydrogen-bond acceptors (Lipinski definition) is 2. The number of anilines is 1. The van der Waals surface area contributed by atoms with E-state index in [1.165, 1.54) is 17.7 Å². The predicted octanol–water partition coefficient (Wildman–Crippen LogP) is 3.23. The molecular weight excluding hydrogens is 198 g/mol. The molecule has 0 saturated heterocycles. The van der Waals surface area contributed by atoms with Crippen LogP contribution in [0.1, 0.15) is 31.7 Å². The number of methoxy groups -OCH3 is 1. The predicted molar refractivity (Wildman–Crippen MR) is 67.9 cm³/mol. The van der Waals surface area contributed by atoms with Gasteiger partial charge in [-0.2, -0.15) is 0 Å². The molecule has 2 heteroatoms. The van der Waals surface area contributed by atoms with Crippen LogP contribution in [0.3, 0.4) is 0 Å². The van der Waals surface area contributed by atoms with Gasteiger partial charge in [-0.1, -0.05) is 31.5 Å². The van der Waals surface area contributed by atoms with Crippen molar-refractivity contribution in [3.8, 4) is 0 Å². The van der Waals surface area contributed by atoms with Gasteiger partial charge in [0.05, 0.1) is 6.10 Å². The summed E-state index contributed by atoms with van der Waals surface area (Å²) in [5, 5.41) is 3.62. The summed E-state index contributed by atoms with van der Waals surface area (Å²) in [4.78, 5) is 0. The lowest BCUT2D eigenvalue weighted by Crippen LogP contribution is -2.40. The van der Waals surface area contributed by atoms with Gasteiger partial charge in [-0.3, -0.25) is 0 Å². The normalized spacial score (nSPS) is 23.9. The standard InChI is InChI=1S/C14H21NO/c1-3-6-11-7-4-5-8-14(11)15-12-9-13(10-12)16-2/h4-5,7-8,12-13,15H,3,6,9-10H2,1-2H3. The Morgan fingerprint density at radius 3 is 2.75 bits per heavy atom. The van der Waals surface area contributed by atoms with Crippen LogP contribution in [0.4, 0.5) is 5.69 Å². The van der Waals surface area contributed by atoms with Crippen LogP contribution >= 0.6 is 0 Å². The fourth-order valence-corrected chi connectivity index (χ4v) is 2.24. The highest BCUT2D eigenvalue weighted by atomic mass is 16.5. The van der Waals surface area contributed by atoms with E-state index in [0.29, 0.717) is 12.1 Å². The molecule has 88 valence electrons. The molecule has 0 aromatic heterocycles. The van der Waals surface area contributed by atoms with Crippen LogP contribution in [-0.2, 0) is 11.2 Å². The van der Waals surface area contributed by atoms with Crippen molar-refractivity contribution in [2.24, 2.45) is 0 Å². The van der Waals surface area contributed by atoms with E-state index >= 15 is 0 Å². The van der Waals surface area contributed by atoms with Gasteiger partial charge in [0.25, 0.3) is 0 Å². The van der Waals surface area contributed by atoms with Crippen LogP contribution in [-0.4, -0.2) is 19.3 Å². The Kier molecular flexibility index (Phi) is 3.83. The second kappa shape index (κ2) is 5.35. The number of ether oxygens (including phenoxy) is 1. The average Bonchev–Trinajstić information content (AvgIpc) is 2.25. The smallest absolute Gasteiger partial charge is 0.0610 e. The SMILES string of the molecule is CCCc1ccccc1NC1CC(OC)C1. The Balaban J connectivity index is 1.93. The molecule has 1 aliphatic rings. The van der Waals surface area contributed by atoms with Gasteiger partial charge in [0.2, 0.25) is 0 Å². The number of aryl methyl sites for hydroxylation is 1. The highest BCUT2D eigenvalue weighted by molar-refractivity contribution is 5.52. The minimum Gasteiger partial charge on any atom is -0.382 e. The largest absolute Gasteiger partial charge is 0.382 e. The molecule has 1 aliphatic carbocycles. The van der Waals surface area contributed by atoms with Crippen molar-refractivity contribution >= 4 is 5.69 Å². The first-order chi connectivity index (χ1) is 7.83. The molecule has 0 spiro atoms. The topological polar surface area (TPSA) is 21.3 Å². The van der Waals surface area contributed by atoms with E-state index < -0.39 is 0 Å². The minimum atomic E-state index is 0.468. The number of benzene rings is 1. The highest BCUT2D eigenvalue weighted by Crippen LogP contribution is 2.28. The number of rotatable bonds is 5. The molecule has 0 bridgehead atoms. The fraction of sp³-hybridized carbons (Fsp3) is 0.571. The average molecular weight is 219 g/mol. The molecule has 16 heavy (non-hydrogen) atoms. The van der Waals surface area contributed by atoms with Gasteiger partial charge in [0.15, 0.2) is 0 Å². The van der Waals surface area contributed by atoms with Crippen molar-refractivity contribution in [1.82, 2.24) is 0 Å². The molecule has 1 aromatic carbocycles. The maximum atomic E-state index is 5.29. The summed E-state index contributed by atoms with van der Waals surface area (Å²) < 4.78 is 5.29. The van der Waals surface area contributed by atoms with Gasteiger partial charge in [-0.15, -0.1) is 0 Å². The first-order valence-electron chi connectivity index (χ1n) is 6.20. The first kappa shape index (κ1) is 11.5. The molecule has 0 amide bonds. The quantitative estimate of drug-likeness (QED) is 0.821. The molecule has 2 rings (SSSR count). The van der Waals surface area contributed by atoms with Gasteiger partial charge in [-0.25, -0.2) is 0 Å². The van der Waals surface area contributed by atoms with Crippen molar-refractivity contribution in [1.29, 1.82) is 0 Å². The molecule has 1 fully saturated rings. The van der Waals surface area contributed by atoms with Crippen molar-refractivity contribution in [2.75, 3.05) is 12.4 Å². The molecule has 0 atom stereocenters. The van der Waals surface area contributed by atoms with Crippen LogP contribution in [0.5, 0.6) is 0 Å². The number of para-hydroxylation sites is 1. The van der Waals surface area contributed by atoms with E-state index in [2.05, 4.69) is 36.5 Å². The van der Waals surface area contributed by atoms with Crippen LogP contribution in [0.15, 0.2) is 24.3 Å². The molecule has 2 nitrogen and oxygen atoms in total. The fourth-order valence-electron chi connectivity index (χ4n) is 2.24. The van der Waals surface area contributed by atoms with Gasteiger partial charge < -0.3 is 10.1 Å². The van der Waals surface area contributed by atoms with E-state index in [9.17, 15) is 0 Å². The van der Waals surface area contributed by atoms with E-state index in [4.69, 9.17) is 4.74 Å². The van der Waals surface area contributed by atoms with E-state index in [1.807, 2.05) is 0 Å². The van der Waals surface area contributed by atoms with Gasteiger partial charge >= 0.3 is 0 Å². The van der Waals surface area contributed by atoms with Crippen LogP contribution in [0.2, 0.25) is 0 Å². The third-order valence-electron chi connectivity index (χ3n) is 3.32. The van der Waals surface area contributed by atoms with E-state index in [1.54, 1.807) is 7.11 Å². The summed E-state index contributed by atoms with van der Waals surface area (Å²) in [5.74, 6) is 0. The molecule has 1 aromatic rings. The molecule has 1 N–H and O–H groups in total. The van der Waals surface area contributed by atoms with Crippen LogP contribution < -0.4 is 5.32 Å². The van der Waals surface area contributed by atoms with Gasteiger partial charge in [0, 0.05) is 18.8 Å². The summed E-state index contributed by atoms with van der Waals surface area (Å²) in [5.41, 5.74) is 2.75. The second-order valence-corrected chi connectivity index (χ2v) is 4.58. The summed E-state index contributed by atoms with van der Waals surface area (Å²) in [6.45, 7) is 2.22. The number of hydrogen-bond donors (Lipinski definition) is 1. The van der Waals surface area contributed by atoms with Crippen molar-refractivity contribution in [3.05, 3.63) is 29.8 Å². The van der Waals surface area contributed by atoms with Crippen LogP contribution in [0.25, 0.3) is 0 Å². The Morgan fingerprint density at radius 2 is 2.06 bits per heavy atom. The Labute approximate surface area is 98.0 Å². The van der Waals surface area contributed by atoms with E-state index in [0.717, 1.165) is 19.3 Å². The van der Waals surface area contributed by atoms with E-state index in [-0.39, 0.29) is 0 Å². The zero-order valence-electron chi connectivity index (χ0n) is 10.2. The van der Waals surface area contributed by atoms with Crippen LogP contribution in [0, 0.1) is 0 Å². The minimum absolute atomic E-state index is 0.468. The summed E-state index contributed by atoms with van der Waals surface area (Å²) in [7, 11) is 1.80. The Morgan fingerprint density at radius 1 is 1.31 bits per heavy atom. The highest BCUT2D eigenvalue weighted by Gasteiger charge is 2.28. The second-order valence-electron chi connectivity index (χ2n) is 4.58. The molecule has 1 saturated carbocycles. The molecular formula is C14H21NO. The third kappa shape index (κ3) is 2.56. The van der Waals surface area contributed by atoms with Gasteiger partial charge in [-0.05, 0) is 30.9 Å². The lowest BCUT2D eigenvalue weighted by Gasteiger charge is -2.35. The lowest BCUT2D eigenvalue weighted by atomic mass is 9.88. The summed E-state index contributed by atoms with van der Waals surface area (Å²) in [6.07, 6.45) is 5.09. The molecule has 0 aliphatic heterocycles. The monoisotopic (exact) mass is 219 g/mol. The summed E-state index contributed by atoms with van der Waals surface area (Å²) in [6, 6.07) is 9.23. The van der Waals surface area contributed by atoms with Crippen molar-refractivity contribution in [2.45, 2.75) is 44.8 Å². The van der Waals surface area contributed by atoms with Crippen molar-refractivity contribution < 1.29 is 4.74 Å². The third-order valence-corrected chi connectivity index (χ3v) is 3.32. The molecule has 0 radical (unpaired) electrons. The maximum Gasteiger partial charge on any atom is 0.0610 e. The Hall–Kier alpha value is -1.02. The summed E-state index contributed by atoms with van der Waals surface area (Å²) >= 11 is 0. The molecule has 0 unspecified atom stereocenters. The first-order valence-corrected chi connectivity index (χ1v) is 6.20. The Bertz CT molecular complexity index is 331.